The van der Waals surface area contributed by atoms with E-state index >= 15 is 0 Å². The van der Waals surface area contributed by atoms with Crippen LogP contribution in [-0.2, 0) is 29.2 Å². The summed E-state index contributed by atoms with van der Waals surface area (Å²) in [7, 11) is -2.48. The summed E-state index contributed by atoms with van der Waals surface area (Å²) in [6.07, 6.45) is 0.232. The number of hydrogen-bond donors (Lipinski definition) is 1. The predicted octanol–water partition coefficient (Wildman–Crippen LogP) is 3.61. The van der Waals surface area contributed by atoms with Crippen LogP contribution in [0.5, 0.6) is 11.6 Å². The van der Waals surface area contributed by atoms with E-state index in [2.05, 4.69) is 14.7 Å². The number of ether oxygens (including phenoxy) is 1. The lowest BCUT2D eigenvalue weighted by molar-refractivity contribution is -0.137. The van der Waals surface area contributed by atoms with Crippen LogP contribution in [0, 0.1) is 0 Å². The van der Waals surface area contributed by atoms with Gasteiger partial charge in [-0.2, -0.15) is 13.2 Å². The first kappa shape index (κ1) is 20.4. The number of aryl methyl sites for hydroxylation is 2. The molecule has 0 spiro atoms. The Bertz CT molecular complexity index is 1170. The van der Waals surface area contributed by atoms with Crippen LogP contribution in [0.2, 0.25) is 0 Å². The largest absolute Gasteiger partial charge is 0.438 e. The van der Waals surface area contributed by atoms with Crippen molar-refractivity contribution in [1.82, 2.24) is 19.3 Å². The molecule has 1 aliphatic rings. The molecular formula is C19H17F3N4O3S. The number of nitrogens with one attached hydrogen (secondary N) is 1. The number of hydrogen-bond acceptors (Lipinski definition) is 5. The van der Waals surface area contributed by atoms with Crippen LogP contribution in [0.25, 0.3) is 11.3 Å². The summed E-state index contributed by atoms with van der Waals surface area (Å²) < 4.78 is 72.6. The maximum absolute atomic E-state index is 12.8. The first-order valence-electron chi connectivity index (χ1n) is 9.02. The van der Waals surface area contributed by atoms with Gasteiger partial charge in [-0.3, -0.25) is 0 Å². The van der Waals surface area contributed by atoms with Crippen molar-refractivity contribution in [2.75, 3.05) is 7.05 Å². The number of rotatable bonds is 5. The molecule has 3 aromatic rings. The van der Waals surface area contributed by atoms with Crippen LogP contribution in [0.1, 0.15) is 17.8 Å². The third-order valence-electron chi connectivity index (χ3n) is 4.74. The van der Waals surface area contributed by atoms with Crippen LogP contribution in [0.3, 0.4) is 0 Å². The number of pyridine rings is 1. The second-order valence-electron chi connectivity index (χ2n) is 6.69. The number of halogens is 3. The minimum atomic E-state index is -4.46. The summed E-state index contributed by atoms with van der Waals surface area (Å²) >= 11 is 0. The molecule has 1 N–H and O–H groups in total. The Morgan fingerprint density at radius 1 is 1.20 bits per heavy atom. The Morgan fingerprint density at radius 3 is 2.57 bits per heavy atom. The smallest absolute Gasteiger partial charge is 0.416 e. The maximum atomic E-state index is 12.8. The highest BCUT2D eigenvalue weighted by atomic mass is 32.2. The third-order valence-corrected chi connectivity index (χ3v) is 6.12. The van der Waals surface area contributed by atoms with Gasteiger partial charge in [0.05, 0.1) is 23.0 Å². The molecule has 0 atom stereocenters. The number of alkyl halides is 3. The third kappa shape index (κ3) is 3.90. The summed E-state index contributed by atoms with van der Waals surface area (Å²) in [5.74, 6) is 1.04. The summed E-state index contributed by atoms with van der Waals surface area (Å²) in [6, 6.07) is 5.55. The molecule has 0 radical (unpaired) electrons. The monoisotopic (exact) mass is 438 g/mol. The van der Waals surface area contributed by atoms with Gasteiger partial charge in [0.15, 0.2) is 0 Å². The number of aromatic nitrogens is 3. The molecule has 30 heavy (non-hydrogen) atoms. The van der Waals surface area contributed by atoms with E-state index in [1.54, 1.807) is 6.20 Å². The Kier molecular flexibility index (Phi) is 5.02. The molecule has 0 fully saturated rings. The van der Waals surface area contributed by atoms with Crippen molar-refractivity contribution in [3.8, 4) is 22.9 Å². The van der Waals surface area contributed by atoms with Gasteiger partial charge in [-0.15, -0.1) is 0 Å². The Labute approximate surface area is 170 Å². The Hall–Kier alpha value is -2.92. The predicted molar refractivity (Wildman–Crippen MR) is 102 cm³/mol. The number of fused-ring (bicyclic) bond motifs is 1. The van der Waals surface area contributed by atoms with Crippen molar-refractivity contribution < 1.29 is 26.3 Å². The van der Waals surface area contributed by atoms with Gasteiger partial charge < -0.3 is 9.30 Å². The summed E-state index contributed by atoms with van der Waals surface area (Å²) in [5.41, 5.74) is 0.00408. The van der Waals surface area contributed by atoms with E-state index in [0.717, 1.165) is 43.5 Å². The van der Waals surface area contributed by atoms with Gasteiger partial charge in [-0.25, -0.2) is 23.1 Å². The average molecular weight is 438 g/mol. The van der Waals surface area contributed by atoms with E-state index in [1.807, 2.05) is 4.57 Å². The fourth-order valence-corrected chi connectivity index (χ4v) is 3.87. The van der Waals surface area contributed by atoms with Crippen molar-refractivity contribution in [3.63, 3.8) is 0 Å². The molecule has 0 unspecified atom stereocenters. The highest BCUT2D eigenvalue weighted by Crippen LogP contribution is 2.35. The lowest BCUT2D eigenvalue weighted by Crippen LogP contribution is -2.18. The van der Waals surface area contributed by atoms with Crippen LogP contribution < -0.4 is 9.46 Å². The van der Waals surface area contributed by atoms with Gasteiger partial charge in [0.25, 0.3) is 0 Å². The lowest BCUT2D eigenvalue weighted by atomic mass is 10.2. The van der Waals surface area contributed by atoms with Crippen LogP contribution in [0.4, 0.5) is 13.2 Å². The molecule has 0 aliphatic carbocycles. The topological polar surface area (TPSA) is 86.1 Å². The average Bonchev–Trinajstić information content (AvgIpc) is 3.30. The van der Waals surface area contributed by atoms with Gasteiger partial charge >= 0.3 is 6.18 Å². The second kappa shape index (κ2) is 7.40. The second-order valence-corrected chi connectivity index (χ2v) is 8.58. The summed E-state index contributed by atoms with van der Waals surface area (Å²) in [4.78, 5) is 8.57. The van der Waals surface area contributed by atoms with E-state index in [0.29, 0.717) is 11.3 Å². The first-order valence-corrected chi connectivity index (χ1v) is 10.5. The van der Waals surface area contributed by atoms with E-state index in [9.17, 15) is 21.6 Å². The van der Waals surface area contributed by atoms with E-state index in [1.165, 1.54) is 25.2 Å². The number of imidazole rings is 1. The molecule has 4 rings (SSSR count). The quantitative estimate of drug-likeness (QED) is 0.658. The maximum Gasteiger partial charge on any atom is 0.416 e. The molecule has 3 heterocycles. The van der Waals surface area contributed by atoms with Crippen molar-refractivity contribution in [2.24, 2.45) is 0 Å². The van der Waals surface area contributed by atoms with E-state index < -0.39 is 21.8 Å². The van der Waals surface area contributed by atoms with Gasteiger partial charge in [-0.1, -0.05) is 0 Å². The van der Waals surface area contributed by atoms with Crippen molar-refractivity contribution >= 4 is 10.0 Å². The van der Waals surface area contributed by atoms with Crippen LogP contribution >= 0.6 is 0 Å². The zero-order valence-corrected chi connectivity index (χ0v) is 16.6. The first-order chi connectivity index (χ1) is 14.2. The highest BCUT2D eigenvalue weighted by molar-refractivity contribution is 7.89. The molecular weight excluding hydrogens is 421 g/mol. The molecule has 0 bridgehead atoms. The minimum absolute atomic E-state index is 0.0431. The number of nitrogens with zero attached hydrogens (tertiary/aromatic N) is 3. The molecule has 1 aliphatic heterocycles. The molecule has 0 amide bonds. The fourth-order valence-electron chi connectivity index (χ4n) is 3.17. The van der Waals surface area contributed by atoms with Gasteiger partial charge in [-0.05, 0) is 43.8 Å². The molecule has 11 heteroatoms. The molecule has 7 nitrogen and oxygen atoms in total. The van der Waals surface area contributed by atoms with E-state index in [-0.39, 0.29) is 16.5 Å². The van der Waals surface area contributed by atoms with Crippen molar-refractivity contribution in [3.05, 3.63) is 54.1 Å². The molecule has 0 saturated heterocycles. The van der Waals surface area contributed by atoms with Gasteiger partial charge in [0.1, 0.15) is 16.5 Å². The zero-order valence-electron chi connectivity index (χ0n) is 15.8. The summed E-state index contributed by atoms with van der Waals surface area (Å²) in [6.45, 7) is 0.805. The number of benzene rings is 1. The molecule has 1 aromatic carbocycles. The molecule has 2 aromatic heterocycles. The minimum Gasteiger partial charge on any atom is -0.438 e. The lowest BCUT2D eigenvalue weighted by Gasteiger charge is -2.12. The zero-order chi connectivity index (χ0) is 21.5. The van der Waals surface area contributed by atoms with E-state index in [4.69, 9.17) is 4.74 Å². The Morgan fingerprint density at radius 2 is 1.93 bits per heavy atom. The molecule has 158 valence electrons. The van der Waals surface area contributed by atoms with Crippen LogP contribution in [-0.4, -0.2) is 30.0 Å². The Balaban J connectivity index is 1.75. The normalized spacial score (nSPS) is 14.0. The standard InChI is InChI=1S/C19H17F3N4O3S/c1-23-30(27,28)14-9-15(16-11-26-8-2-3-17(26)25-16)18(24-10-14)29-13-6-4-12(5-7-13)19(20,21)22/h4-7,9-11,23H,2-3,8H2,1H3. The van der Waals surface area contributed by atoms with Crippen molar-refractivity contribution in [2.45, 2.75) is 30.5 Å². The van der Waals surface area contributed by atoms with Crippen molar-refractivity contribution in [1.29, 1.82) is 0 Å². The van der Waals surface area contributed by atoms with Crippen LogP contribution in [0.15, 0.2) is 47.6 Å². The van der Waals surface area contributed by atoms with Gasteiger partial charge in [0, 0.05) is 19.2 Å². The van der Waals surface area contributed by atoms with Gasteiger partial charge in [0.2, 0.25) is 15.9 Å². The SMILES string of the molecule is CNS(=O)(=O)c1cnc(Oc2ccc(C(F)(F)F)cc2)c(-c2cn3c(n2)CCC3)c1. The molecule has 0 saturated carbocycles. The number of sulfonamides is 1. The summed E-state index contributed by atoms with van der Waals surface area (Å²) in [5, 5.41) is 0. The fraction of sp³-hybridized carbons (Fsp3) is 0.263. The highest BCUT2D eigenvalue weighted by Gasteiger charge is 2.30.